The van der Waals surface area contributed by atoms with Gasteiger partial charge in [-0.05, 0) is 25.5 Å². The number of imidazole rings is 1. The van der Waals surface area contributed by atoms with Crippen molar-refractivity contribution in [2.75, 3.05) is 38.5 Å². The van der Waals surface area contributed by atoms with Gasteiger partial charge in [-0.3, -0.25) is 9.36 Å². The molecule has 0 spiro atoms. The normalized spacial score (nSPS) is 14.3. The van der Waals surface area contributed by atoms with Crippen LogP contribution in [0.3, 0.4) is 0 Å². The zero-order valence-electron chi connectivity index (χ0n) is 15.7. The number of aromatic nitrogens is 2. The Labute approximate surface area is 163 Å². The van der Waals surface area contributed by atoms with Gasteiger partial charge in [-0.25, -0.2) is 9.78 Å². The van der Waals surface area contributed by atoms with Crippen molar-refractivity contribution in [3.05, 3.63) is 42.2 Å². The number of carbonyl (C=O) groups excluding carboxylic acids is 2. The monoisotopic (exact) mass is 387 g/mol. The van der Waals surface area contributed by atoms with Crippen LogP contribution in [-0.2, 0) is 4.79 Å². The van der Waals surface area contributed by atoms with Crippen molar-refractivity contribution < 1.29 is 9.59 Å². The first kappa shape index (κ1) is 19.3. The zero-order valence-corrected chi connectivity index (χ0v) is 16.5. The number of hydrogen-bond donors (Lipinski definition) is 1. The zero-order chi connectivity index (χ0) is 19.2. The molecule has 0 saturated carbocycles. The molecule has 0 radical (unpaired) electrons. The third-order valence-electron chi connectivity index (χ3n) is 4.55. The Balaban J connectivity index is 1.55. The van der Waals surface area contributed by atoms with Gasteiger partial charge in [0.25, 0.3) is 0 Å². The van der Waals surface area contributed by atoms with E-state index in [-0.39, 0.29) is 11.9 Å². The molecular formula is C19H25N5O2S. The maximum absolute atomic E-state index is 12.6. The lowest BCUT2D eigenvalue weighted by Gasteiger charge is -2.34. The van der Waals surface area contributed by atoms with Crippen molar-refractivity contribution in [3.8, 4) is 5.69 Å². The largest absolute Gasteiger partial charge is 0.338 e. The minimum absolute atomic E-state index is 0.0563. The molecule has 8 heteroatoms. The number of piperazine rings is 1. The fourth-order valence-corrected chi connectivity index (χ4v) is 3.92. The van der Waals surface area contributed by atoms with E-state index in [0.717, 1.165) is 16.4 Å². The Morgan fingerprint density at radius 1 is 1.15 bits per heavy atom. The summed E-state index contributed by atoms with van der Waals surface area (Å²) in [4.78, 5) is 32.4. The molecule has 1 N–H and O–H groups in total. The summed E-state index contributed by atoms with van der Waals surface area (Å²) >= 11 is 1.44. The topological polar surface area (TPSA) is 70.5 Å². The number of hydrogen-bond acceptors (Lipinski definition) is 4. The van der Waals surface area contributed by atoms with Crippen LogP contribution in [0.25, 0.3) is 5.69 Å². The number of aryl methyl sites for hydroxylation is 1. The molecule has 0 bridgehead atoms. The van der Waals surface area contributed by atoms with Crippen LogP contribution in [0.4, 0.5) is 4.79 Å². The first-order chi connectivity index (χ1) is 13.1. The van der Waals surface area contributed by atoms with Crippen molar-refractivity contribution >= 4 is 23.7 Å². The maximum Gasteiger partial charge on any atom is 0.317 e. The van der Waals surface area contributed by atoms with E-state index in [2.05, 4.69) is 23.3 Å². The second kappa shape index (κ2) is 8.94. The molecule has 1 aliphatic heterocycles. The van der Waals surface area contributed by atoms with Crippen molar-refractivity contribution in [1.82, 2.24) is 24.7 Å². The van der Waals surface area contributed by atoms with E-state index in [9.17, 15) is 9.59 Å². The smallest absolute Gasteiger partial charge is 0.317 e. The number of urea groups is 1. The molecule has 0 unspecified atom stereocenters. The van der Waals surface area contributed by atoms with E-state index in [1.165, 1.54) is 11.8 Å². The van der Waals surface area contributed by atoms with Crippen LogP contribution >= 0.6 is 11.8 Å². The number of rotatable bonds is 5. The molecule has 1 aromatic carbocycles. The highest BCUT2D eigenvalue weighted by atomic mass is 32.2. The summed E-state index contributed by atoms with van der Waals surface area (Å²) in [5, 5.41) is 3.60. The van der Waals surface area contributed by atoms with Crippen LogP contribution < -0.4 is 5.32 Å². The number of carbonyl (C=O) groups is 2. The molecule has 3 amide bonds. The van der Waals surface area contributed by atoms with Gasteiger partial charge in [0, 0.05) is 45.1 Å². The number of benzene rings is 1. The van der Waals surface area contributed by atoms with Crippen molar-refractivity contribution in [1.29, 1.82) is 0 Å². The second-order valence-corrected chi connectivity index (χ2v) is 7.30. The molecule has 3 rings (SSSR count). The van der Waals surface area contributed by atoms with Gasteiger partial charge in [-0.2, -0.15) is 0 Å². The Hall–Kier alpha value is -2.48. The lowest BCUT2D eigenvalue weighted by atomic mass is 10.2. The molecule has 27 heavy (non-hydrogen) atoms. The number of thioether (sulfide) groups is 1. The average molecular weight is 388 g/mol. The maximum atomic E-state index is 12.6. The van der Waals surface area contributed by atoms with Crippen LogP contribution in [0.2, 0.25) is 0 Å². The molecule has 1 aliphatic rings. The molecule has 0 atom stereocenters. The van der Waals surface area contributed by atoms with Crippen LogP contribution in [0.15, 0.2) is 41.8 Å². The van der Waals surface area contributed by atoms with E-state index in [1.54, 1.807) is 11.1 Å². The summed E-state index contributed by atoms with van der Waals surface area (Å²) in [7, 11) is 0. The third-order valence-corrected chi connectivity index (χ3v) is 5.51. The lowest BCUT2D eigenvalue weighted by molar-refractivity contribution is -0.129. The predicted molar refractivity (Wildman–Crippen MR) is 106 cm³/mol. The van der Waals surface area contributed by atoms with Gasteiger partial charge in [0.05, 0.1) is 11.4 Å². The van der Waals surface area contributed by atoms with Gasteiger partial charge in [0.2, 0.25) is 5.91 Å². The van der Waals surface area contributed by atoms with Gasteiger partial charge < -0.3 is 15.1 Å². The fourth-order valence-electron chi connectivity index (χ4n) is 3.05. The predicted octanol–water partition coefficient (Wildman–Crippen LogP) is 2.15. The van der Waals surface area contributed by atoms with Gasteiger partial charge in [-0.15, -0.1) is 0 Å². The highest BCUT2D eigenvalue weighted by molar-refractivity contribution is 7.99. The molecule has 2 aromatic rings. The van der Waals surface area contributed by atoms with Crippen LogP contribution in [0.1, 0.15) is 12.5 Å². The summed E-state index contributed by atoms with van der Waals surface area (Å²) in [5.41, 5.74) is 2.23. The van der Waals surface area contributed by atoms with Crippen molar-refractivity contribution in [3.63, 3.8) is 0 Å². The first-order valence-electron chi connectivity index (χ1n) is 9.13. The molecule has 7 nitrogen and oxygen atoms in total. The van der Waals surface area contributed by atoms with Crippen LogP contribution in [-0.4, -0.2) is 69.8 Å². The standard InChI is InChI=1S/C19H25N5O2S/c1-3-20-18(26)23-12-10-22(11-13-23)17(25)14-27-19-21-8-9-24(19)16-7-5-4-6-15(16)2/h4-9H,3,10-14H2,1-2H3,(H,20,26). The molecule has 1 aromatic heterocycles. The highest BCUT2D eigenvalue weighted by Gasteiger charge is 2.24. The number of nitrogens with one attached hydrogen (secondary N) is 1. The lowest BCUT2D eigenvalue weighted by Crippen LogP contribution is -2.53. The third kappa shape index (κ3) is 4.63. The van der Waals surface area contributed by atoms with Gasteiger partial charge >= 0.3 is 6.03 Å². The van der Waals surface area contributed by atoms with E-state index >= 15 is 0 Å². The molecule has 2 heterocycles. The number of nitrogens with zero attached hydrogens (tertiary/aromatic N) is 4. The minimum atomic E-state index is -0.0563. The minimum Gasteiger partial charge on any atom is -0.338 e. The summed E-state index contributed by atoms with van der Waals surface area (Å²) < 4.78 is 2.01. The van der Waals surface area contributed by atoms with Crippen molar-refractivity contribution in [2.45, 2.75) is 19.0 Å². The molecular weight excluding hydrogens is 362 g/mol. The first-order valence-corrected chi connectivity index (χ1v) is 10.1. The SMILES string of the molecule is CCNC(=O)N1CCN(C(=O)CSc2nccn2-c2ccccc2C)CC1. The van der Waals surface area contributed by atoms with Crippen LogP contribution in [0, 0.1) is 6.92 Å². The molecule has 0 aliphatic carbocycles. The molecule has 1 fully saturated rings. The summed E-state index contributed by atoms with van der Waals surface area (Å²) in [6.07, 6.45) is 3.67. The number of para-hydroxylation sites is 1. The van der Waals surface area contributed by atoms with E-state index < -0.39 is 0 Å². The average Bonchev–Trinajstić information content (AvgIpc) is 3.15. The Bertz CT molecular complexity index is 799. The molecule has 1 saturated heterocycles. The molecule has 144 valence electrons. The van der Waals surface area contributed by atoms with Gasteiger partial charge in [0.15, 0.2) is 5.16 Å². The van der Waals surface area contributed by atoms with E-state index in [1.807, 2.05) is 40.8 Å². The Morgan fingerprint density at radius 2 is 1.85 bits per heavy atom. The van der Waals surface area contributed by atoms with Crippen LogP contribution in [0.5, 0.6) is 0 Å². The highest BCUT2D eigenvalue weighted by Crippen LogP contribution is 2.23. The van der Waals surface area contributed by atoms with E-state index in [4.69, 9.17) is 0 Å². The summed E-state index contributed by atoms with van der Waals surface area (Å²) in [6, 6.07) is 8.05. The van der Waals surface area contributed by atoms with Crippen molar-refractivity contribution in [2.24, 2.45) is 0 Å². The Morgan fingerprint density at radius 3 is 2.56 bits per heavy atom. The quantitative estimate of drug-likeness (QED) is 0.798. The van der Waals surface area contributed by atoms with Gasteiger partial charge in [0.1, 0.15) is 0 Å². The fraction of sp³-hybridized carbons (Fsp3) is 0.421. The Kier molecular flexibility index (Phi) is 6.39. The second-order valence-electron chi connectivity index (χ2n) is 6.36. The summed E-state index contributed by atoms with van der Waals surface area (Å²) in [5.74, 6) is 0.416. The number of amides is 3. The van der Waals surface area contributed by atoms with Gasteiger partial charge in [-0.1, -0.05) is 30.0 Å². The summed E-state index contributed by atoms with van der Waals surface area (Å²) in [6.45, 7) is 6.85. The van der Waals surface area contributed by atoms with E-state index in [0.29, 0.717) is 38.5 Å².